The molecule has 1 amide bonds. The third-order valence-corrected chi connectivity index (χ3v) is 5.22. The number of carbonyl (C=O) groups excluding carboxylic acids is 1. The number of nitrogens with one attached hydrogen (secondary N) is 2. The maximum absolute atomic E-state index is 12.8. The van der Waals surface area contributed by atoms with E-state index in [4.69, 9.17) is 4.74 Å². The lowest BCUT2D eigenvalue weighted by molar-refractivity contribution is -0.117. The number of nitrogens with zero attached hydrogens (tertiary/aromatic N) is 5. The number of rotatable bonds is 4. The molecule has 10 nitrogen and oxygen atoms in total. The Balaban J connectivity index is 1.31. The third kappa shape index (κ3) is 3.30. The van der Waals surface area contributed by atoms with Gasteiger partial charge in [-0.15, -0.1) is 5.10 Å². The summed E-state index contributed by atoms with van der Waals surface area (Å²) in [5.74, 6) is -0.210. The van der Waals surface area contributed by atoms with Gasteiger partial charge in [0.15, 0.2) is 11.4 Å². The monoisotopic (exact) mass is 407 g/mol. The summed E-state index contributed by atoms with van der Waals surface area (Å²) in [5.41, 5.74) is 1.77. The Morgan fingerprint density at radius 3 is 2.93 bits per heavy atom. The molecule has 1 fully saturated rings. The summed E-state index contributed by atoms with van der Waals surface area (Å²) in [6.45, 7) is 3.48. The minimum absolute atomic E-state index is 0.166. The molecule has 3 aromatic rings. The first-order valence-electron chi connectivity index (χ1n) is 9.84. The molecule has 1 saturated heterocycles. The Labute approximate surface area is 171 Å². The van der Waals surface area contributed by atoms with Gasteiger partial charge in [-0.05, 0) is 24.3 Å². The van der Waals surface area contributed by atoms with Crippen LogP contribution in [0.5, 0.6) is 0 Å². The van der Waals surface area contributed by atoms with Crippen LogP contribution in [0.3, 0.4) is 0 Å². The van der Waals surface area contributed by atoms with Gasteiger partial charge >= 0.3 is 5.69 Å². The number of amides is 1. The summed E-state index contributed by atoms with van der Waals surface area (Å²) in [6, 6.07) is 7.21. The van der Waals surface area contributed by atoms with Crippen LogP contribution in [-0.4, -0.2) is 51.3 Å². The Bertz CT molecular complexity index is 1180. The van der Waals surface area contributed by atoms with Gasteiger partial charge < -0.3 is 20.3 Å². The predicted octanol–water partition coefficient (Wildman–Crippen LogP) is 0.742. The van der Waals surface area contributed by atoms with E-state index in [1.165, 1.54) is 9.08 Å². The Hall–Kier alpha value is -3.66. The van der Waals surface area contributed by atoms with Crippen molar-refractivity contribution in [2.75, 3.05) is 36.4 Å². The van der Waals surface area contributed by atoms with Crippen molar-refractivity contribution in [2.24, 2.45) is 0 Å². The fourth-order valence-electron chi connectivity index (χ4n) is 3.72. The molecule has 0 saturated carbocycles. The first kappa shape index (κ1) is 18.4. The fraction of sp³-hybridized carbons (Fsp3) is 0.300. The quantitative estimate of drug-likeness (QED) is 0.657. The summed E-state index contributed by atoms with van der Waals surface area (Å²) >= 11 is 0. The minimum Gasteiger partial charge on any atom is -0.463 e. The smallest absolute Gasteiger partial charge is 0.353 e. The normalized spacial score (nSPS) is 18.9. The van der Waals surface area contributed by atoms with Crippen LogP contribution in [0, 0.1) is 0 Å². The van der Waals surface area contributed by atoms with Crippen LogP contribution in [0.2, 0.25) is 0 Å². The van der Waals surface area contributed by atoms with Gasteiger partial charge in [0.25, 0.3) is 5.91 Å². The molecule has 0 aliphatic carbocycles. The second-order valence-electron chi connectivity index (χ2n) is 7.12. The van der Waals surface area contributed by atoms with Crippen LogP contribution in [0.4, 0.5) is 11.4 Å². The lowest BCUT2D eigenvalue weighted by Crippen LogP contribution is -2.43. The van der Waals surface area contributed by atoms with E-state index < -0.39 is 6.23 Å². The van der Waals surface area contributed by atoms with Gasteiger partial charge in [-0.2, -0.15) is 4.68 Å². The Kier molecular flexibility index (Phi) is 4.68. The van der Waals surface area contributed by atoms with Gasteiger partial charge in [-0.25, -0.2) is 4.79 Å². The third-order valence-electron chi connectivity index (χ3n) is 5.22. The first-order valence-corrected chi connectivity index (χ1v) is 9.84. The van der Waals surface area contributed by atoms with Gasteiger partial charge in [0.1, 0.15) is 0 Å². The molecule has 0 radical (unpaired) electrons. The zero-order valence-corrected chi connectivity index (χ0v) is 16.2. The van der Waals surface area contributed by atoms with Crippen molar-refractivity contribution in [1.29, 1.82) is 0 Å². The van der Waals surface area contributed by atoms with Crippen molar-refractivity contribution in [3.63, 3.8) is 0 Å². The zero-order chi connectivity index (χ0) is 20.5. The summed E-state index contributed by atoms with van der Waals surface area (Å²) in [5, 5.41) is 10.5. The summed E-state index contributed by atoms with van der Waals surface area (Å²) < 4.78 is 8.48. The van der Waals surface area contributed by atoms with Crippen LogP contribution in [0.15, 0.2) is 59.5 Å². The molecule has 0 spiro atoms. The van der Waals surface area contributed by atoms with E-state index in [1.54, 1.807) is 36.8 Å². The molecular formula is C20H21N7O3. The van der Waals surface area contributed by atoms with Crippen LogP contribution >= 0.6 is 0 Å². The molecule has 3 aromatic heterocycles. The van der Waals surface area contributed by atoms with Gasteiger partial charge in [0.05, 0.1) is 17.6 Å². The molecule has 0 bridgehead atoms. The molecule has 2 aliphatic heterocycles. The fourth-order valence-corrected chi connectivity index (χ4v) is 3.72. The van der Waals surface area contributed by atoms with E-state index in [2.05, 4.69) is 25.6 Å². The Morgan fingerprint density at radius 1 is 1.23 bits per heavy atom. The van der Waals surface area contributed by atoms with Crippen LogP contribution < -0.4 is 21.2 Å². The van der Waals surface area contributed by atoms with Crippen molar-refractivity contribution in [3.8, 4) is 0 Å². The lowest BCUT2D eigenvalue weighted by atomic mass is 10.2. The summed E-state index contributed by atoms with van der Waals surface area (Å²) in [7, 11) is 0. The molecule has 2 aliphatic rings. The molecular weight excluding hydrogens is 386 g/mol. The van der Waals surface area contributed by atoms with E-state index in [0.29, 0.717) is 17.8 Å². The average Bonchev–Trinajstić information content (AvgIpc) is 3.40. The van der Waals surface area contributed by atoms with Gasteiger partial charge in [0, 0.05) is 45.0 Å². The standard InChI is InChI=1S/C20H21N7O3/c28-19(23-14-13-22-7-6-15(14)25-11-8-21-9-12-25)16-4-5-18(30-16)27-20(29)26-10-2-1-3-17(26)24-27/h1-4,6-7,10,13,18,21H,5,8-9,11-12H2,(H,23,28). The number of hydrogen-bond donors (Lipinski definition) is 2. The van der Waals surface area contributed by atoms with E-state index in [1.807, 2.05) is 12.1 Å². The first-order chi connectivity index (χ1) is 14.7. The van der Waals surface area contributed by atoms with E-state index in [9.17, 15) is 9.59 Å². The second kappa shape index (κ2) is 7.64. The molecule has 154 valence electrons. The highest BCUT2D eigenvalue weighted by atomic mass is 16.5. The van der Waals surface area contributed by atoms with Gasteiger partial charge in [0.2, 0.25) is 6.23 Å². The molecule has 30 heavy (non-hydrogen) atoms. The number of pyridine rings is 2. The number of hydrogen-bond acceptors (Lipinski definition) is 7. The van der Waals surface area contributed by atoms with Crippen LogP contribution in [0.1, 0.15) is 12.6 Å². The topological polar surface area (TPSA) is 106 Å². The van der Waals surface area contributed by atoms with Crippen molar-refractivity contribution >= 4 is 22.9 Å². The zero-order valence-electron chi connectivity index (χ0n) is 16.2. The summed E-state index contributed by atoms with van der Waals surface area (Å²) in [4.78, 5) is 31.7. The maximum Gasteiger partial charge on any atom is 0.353 e. The number of anilines is 2. The van der Waals surface area contributed by atoms with Gasteiger partial charge in [-0.3, -0.25) is 14.2 Å². The molecule has 5 heterocycles. The molecule has 1 unspecified atom stereocenters. The highest BCUT2D eigenvalue weighted by Crippen LogP contribution is 2.28. The predicted molar refractivity (Wildman–Crippen MR) is 110 cm³/mol. The van der Waals surface area contributed by atoms with Crippen molar-refractivity contribution in [1.82, 2.24) is 24.5 Å². The van der Waals surface area contributed by atoms with Crippen LogP contribution in [0.25, 0.3) is 5.65 Å². The molecule has 0 aromatic carbocycles. The number of carbonyl (C=O) groups is 1. The van der Waals surface area contributed by atoms with E-state index in [0.717, 1.165) is 31.9 Å². The minimum atomic E-state index is -0.653. The number of fused-ring (bicyclic) bond motifs is 1. The highest BCUT2D eigenvalue weighted by Gasteiger charge is 2.28. The largest absolute Gasteiger partial charge is 0.463 e. The van der Waals surface area contributed by atoms with Crippen molar-refractivity contribution in [3.05, 3.63) is 65.2 Å². The van der Waals surface area contributed by atoms with Gasteiger partial charge in [-0.1, -0.05) is 6.07 Å². The summed E-state index contributed by atoms with van der Waals surface area (Å²) in [6.07, 6.45) is 6.40. The van der Waals surface area contributed by atoms with E-state index >= 15 is 0 Å². The molecule has 5 rings (SSSR count). The maximum atomic E-state index is 12.8. The van der Waals surface area contributed by atoms with Crippen molar-refractivity contribution < 1.29 is 9.53 Å². The number of ether oxygens (including phenoxy) is 1. The molecule has 10 heteroatoms. The molecule has 1 atom stereocenters. The lowest BCUT2D eigenvalue weighted by Gasteiger charge is -2.30. The van der Waals surface area contributed by atoms with Crippen LogP contribution in [-0.2, 0) is 9.53 Å². The SMILES string of the molecule is O=C(Nc1cnccc1N1CCNCC1)C1=CCC(n2nc3ccccn3c2=O)O1. The average molecular weight is 407 g/mol. The van der Waals surface area contributed by atoms with Crippen molar-refractivity contribution in [2.45, 2.75) is 12.6 Å². The highest BCUT2D eigenvalue weighted by molar-refractivity contribution is 6.04. The number of aromatic nitrogens is 4. The second-order valence-corrected chi connectivity index (χ2v) is 7.12. The Morgan fingerprint density at radius 2 is 2.10 bits per heavy atom. The van der Waals surface area contributed by atoms with E-state index in [-0.39, 0.29) is 17.4 Å². The molecule has 2 N–H and O–H groups in total. The number of piperazine rings is 1.